The van der Waals surface area contributed by atoms with Crippen molar-refractivity contribution in [2.75, 3.05) is 44.2 Å². The zero-order valence-corrected chi connectivity index (χ0v) is 15.5. The lowest BCUT2D eigenvalue weighted by atomic mass is 10.0. The predicted octanol–water partition coefficient (Wildman–Crippen LogP) is 3.66. The number of hydrogen-bond acceptors (Lipinski definition) is 3. The third-order valence-corrected chi connectivity index (χ3v) is 6.28. The third kappa shape index (κ3) is 3.88. The second-order valence-corrected chi connectivity index (χ2v) is 8.14. The maximum Gasteiger partial charge on any atom is 0.407 e. The molecule has 7 heteroatoms. The molecule has 3 saturated heterocycles. The molecule has 0 saturated carbocycles. The number of carboxylic acid groups (broad SMARTS) is 1. The van der Waals surface area contributed by atoms with Crippen molar-refractivity contribution in [2.45, 2.75) is 32.2 Å². The molecule has 27 heavy (non-hydrogen) atoms. The lowest BCUT2D eigenvalue weighted by Gasteiger charge is -2.32. The summed E-state index contributed by atoms with van der Waals surface area (Å²) in [6.07, 6.45) is 0.145. The van der Waals surface area contributed by atoms with Crippen LogP contribution in [0.4, 0.5) is 19.3 Å². The van der Waals surface area contributed by atoms with Gasteiger partial charge in [0.15, 0.2) is 0 Å². The fourth-order valence-electron chi connectivity index (χ4n) is 4.90. The maximum absolute atomic E-state index is 13.2. The molecular weight excluding hydrogens is 352 g/mol. The van der Waals surface area contributed by atoms with E-state index in [1.54, 1.807) is 12.1 Å². The average molecular weight is 379 g/mol. The molecule has 0 spiro atoms. The number of halogens is 2. The largest absolute Gasteiger partial charge is 0.465 e. The number of carbonyl (C=O) groups is 1. The van der Waals surface area contributed by atoms with Gasteiger partial charge < -0.3 is 14.9 Å². The van der Waals surface area contributed by atoms with Crippen LogP contribution in [0.3, 0.4) is 0 Å². The van der Waals surface area contributed by atoms with Gasteiger partial charge in [-0.05, 0) is 42.7 Å². The van der Waals surface area contributed by atoms with E-state index in [0.29, 0.717) is 24.9 Å². The van der Waals surface area contributed by atoms with Crippen LogP contribution in [0.5, 0.6) is 0 Å². The minimum absolute atomic E-state index is 0.0923. The number of alkyl halides is 2. The number of piperidine rings is 1. The van der Waals surface area contributed by atoms with Gasteiger partial charge in [-0.25, -0.2) is 13.6 Å². The first-order valence-corrected chi connectivity index (χ1v) is 9.87. The molecular formula is C20H27F2N3O2. The predicted molar refractivity (Wildman–Crippen MR) is 99.3 cm³/mol. The zero-order valence-electron chi connectivity index (χ0n) is 15.5. The van der Waals surface area contributed by atoms with Crippen molar-refractivity contribution >= 4 is 11.8 Å². The second-order valence-electron chi connectivity index (χ2n) is 8.14. The Morgan fingerprint density at radius 1 is 1.07 bits per heavy atom. The smallest absolute Gasteiger partial charge is 0.407 e. The van der Waals surface area contributed by atoms with Gasteiger partial charge in [-0.15, -0.1) is 0 Å². The molecule has 1 aromatic rings. The number of nitrogens with zero attached hydrogens (tertiary/aromatic N) is 3. The Balaban J connectivity index is 1.48. The Labute approximate surface area is 158 Å². The van der Waals surface area contributed by atoms with E-state index in [9.17, 15) is 13.6 Å². The van der Waals surface area contributed by atoms with E-state index >= 15 is 0 Å². The van der Waals surface area contributed by atoms with Crippen molar-refractivity contribution in [3.63, 3.8) is 0 Å². The van der Waals surface area contributed by atoms with Gasteiger partial charge in [-0.3, -0.25) is 4.90 Å². The van der Waals surface area contributed by atoms with Crippen LogP contribution in [0.15, 0.2) is 18.2 Å². The summed E-state index contributed by atoms with van der Waals surface area (Å²) in [7, 11) is 0. The molecule has 0 aliphatic carbocycles. The molecule has 2 atom stereocenters. The molecule has 3 aliphatic rings. The van der Waals surface area contributed by atoms with Crippen LogP contribution < -0.4 is 4.90 Å². The highest BCUT2D eigenvalue weighted by Crippen LogP contribution is 2.35. The molecule has 3 aliphatic heterocycles. The van der Waals surface area contributed by atoms with Gasteiger partial charge >= 0.3 is 6.09 Å². The summed E-state index contributed by atoms with van der Waals surface area (Å²) >= 11 is 0. The van der Waals surface area contributed by atoms with Gasteiger partial charge in [0.1, 0.15) is 0 Å². The van der Waals surface area contributed by atoms with Crippen molar-refractivity contribution in [1.29, 1.82) is 0 Å². The molecule has 148 valence electrons. The van der Waals surface area contributed by atoms with Crippen LogP contribution in [-0.4, -0.2) is 60.3 Å². The Bertz CT molecular complexity index is 680. The average Bonchev–Trinajstić information content (AvgIpc) is 3.21. The van der Waals surface area contributed by atoms with Gasteiger partial charge in [0.05, 0.1) is 0 Å². The monoisotopic (exact) mass is 379 g/mol. The number of likely N-dealkylation sites (tertiary alicyclic amines) is 2. The molecule has 3 fully saturated rings. The van der Waals surface area contributed by atoms with E-state index in [0.717, 1.165) is 56.8 Å². The maximum atomic E-state index is 13.2. The van der Waals surface area contributed by atoms with Crippen molar-refractivity contribution in [2.24, 2.45) is 11.8 Å². The SMILES string of the molecule is O=C(O)N1CC2CN(Cc3ccc(C(F)F)cc3N3CCCCC3)CC2C1. The minimum Gasteiger partial charge on any atom is -0.465 e. The molecule has 0 radical (unpaired) electrons. The Kier molecular flexibility index (Phi) is 5.21. The topological polar surface area (TPSA) is 47.0 Å². The van der Waals surface area contributed by atoms with E-state index < -0.39 is 12.5 Å². The van der Waals surface area contributed by atoms with Gasteiger partial charge in [0, 0.05) is 57.1 Å². The van der Waals surface area contributed by atoms with Crippen molar-refractivity contribution in [1.82, 2.24) is 9.80 Å². The molecule has 1 N–H and O–H groups in total. The van der Waals surface area contributed by atoms with Gasteiger partial charge in [0.25, 0.3) is 6.43 Å². The highest BCUT2D eigenvalue weighted by atomic mass is 19.3. The molecule has 1 amide bonds. The van der Waals surface area contributed by atoms with Crippen molar-refractivity contribution < 1.29 is 18.7 Å². The van der Waals surface area contributed by atoms with E-state index in [2.05, 4.69) is 9.80 Å². The quantitative estimate of drug-likeness (QED) is 0.867. The summed E-state index contributed by atoms with van der Waals surface area (Å²) in [5.41, 5.74) is 2.16. The molecule has 1 aromatic carbocycles. The number of anilines is 1. The standard InChI is InChI=1S/C20H27F2N3O2/c21-19(22)14-4-5-15(18(8-14)24-6-2-1-3-7-24)9-23-10-16-12-25(20(26)27)13-17(16)11-23/h4-5,8,16-17,19H,1-3,6-7,9-13H2,(H,26,27). The minimum atomic E-state index is -2.45. The summed E-state index contributed by atoms with van der Waals surface area (Å²) in [6.45, 7) is 5.58. The van der Waals surface area contributed by atoms with Crippen LogP contribution in [0.1, 0.15) is 36.8 Å². The Morgan fingerprint density at radius 3 is 2.33 bits per heavy atom. The fraction of sp³-hybridized carbons (Fsp3) is 0.650. The van der Waals surface area contributed by atoms with Crippen LogP contribution in [0.2, 0.25) is 0 Å². The summed E-state index contributed by atoms with van der Waals surface area (Å²) < 4.78 is 26.5. The Morgan fingerprint density at radius 2 is 1.74 bits per heavy atom. The van der Waals surface area contributed by atoms with E-state index in [-0.39, 0.29) is 5.56 Å². The number of benzene rings is 1. The van der Waals surface area contributed by atoms with Crippen LogP contribution in [0.25, 0.3) is 0 Å². The summed E-state index contributed by atoms with van der Waals surface area (Å²) in [5, 5.41) is 9.17. The molecule has 2 unspecified atom stereocenters. The first-order chi connectivity index (χ1) is 13.0. The van der Waals surface area contributed by atoms with Gasteiger partial charge in [-0.2, -0.15) is 0 Å². The van der Waals surface area contributed by atoms with Crippen LogP contribution in [0, 0.1) is 11.8 Å². The highest BCUT2D eigenvalue weighted by molar-refractivity contribution is 5.65. The first kappa shape index (κ1) is 18.5. The molecule has 4 rings (SSSR count). The zero-order chi connectivity index (χ0) is 19.0. The number of rotatable bonds is 4. The number of fused-ring (bicyclic) bond motifs is 1. The van der Waals surface area contributed by atoms with E-state index in [1.807, 2.05) is 6.07 Å². The third-order valence-electron chi connectivity index (χ3n) is 6.28. The van der Waals surface area contributed by atoms with E-state index in [4.69, 9.17) is 5.11 Å². The summed E-state index contributed by atoms with van der Waals surface area (Å²) in [6, 6.07) is 5.09. The highest BCUT2D eigenvalue weighted by Gasteiger charge is 2.41. The molecule has 5 nitrogen and oxygen atoms in total. The lowest BCUT2D eigenvalue weighted by Crippen LogP contribution is -2.33. The van der Waals surface area contributed by atoms with Gasteiger partial charge in [0.2, 0.25) is 0 Å². The number of amides is 1. The van der Waals surface area contributed by atoms with Crippen LogP contribution in [-0.2, 0) is 6.54 Å². The first-order valence-electron chi connectivity index (χ1n) is 9.87. The lowest BCUT2D eigenvalue weighted by molar-refractivity contribution is 0.148. The molecule has 0 bridgehead atoms. The summed E-state index contributed by atoms with van der Waals surface area (Å²) in [4.78, 5) is 17.3. The normalized spacial score (nSPS) is 26.0. The second kappa shape index (κ2) is 7.62. The van der Waals surface area contributed by atoms with Crippen molar-refractivity contribution in [3.05, 3.63) is 29.3 Å². The van der Waals surface area contributed by atoms with Crippen molar-refractivity contribution in [3.8, 4) is 0 Å². The molecule has 3 heterocycles. The summed E-state index contributed by atoms with van der Waals surface area (Å²) in [5.74, 6) is 0.778. The molecule has 0 aromatic heterocycles. The van der Waals surface area contributed by atoms with Gasteiger partial charge in [-0.1, -0.05) is 12.1 Å². The fourth-order valence-corrected chi connectivity index (χ4v) is 4.90. The van der Waals surface area contributed by atoms with E-state index in [1.165, 1.54) is 11.3 Å². The number of hydrogen-bond donors (Lipinski definition) is 1. The van der Waals surface area contributed by atoms with Crippen LogP contribution >= 0.6 is 0 Å². The Hall–Kier alpha value is -1.89.